The molecule has 192 valence electrons. The van der Waals surface area contributed by atoms with Gasteiger partial charge in [-0.1, -0.05) is 57.4 Å². The molecule has 1 aromatic rings. The van der Waals surface area contributed by atoms with Crippen LogP contribution in [0.5, 0.6) is 0 Å². The largest absolute Gasteiger partial charge is 0.444 e. The number of unbranched alkanes of at least 4 members (excludes halogenated alkanes) is 1. The van der Waals surface area contributed by atoms with Crippen LogP contribution in [0.1, 0.15) is 78.0 Å². The Morgan fingerprint density at radius 3 is 2.43 bits per heavy atom. The number of carbonyl (C=O) groups is 3. The van der Waals surface area contributed by atoms with Gasteiger partial charge in [0, 0.05) is 18.7 Å². The predicted molar refractivity (Wildman–Crippen MR) is 140 cm³/mol. The summed E-state index contributed by atoms with van der Waals surface area (Å²) in [6, 6.07) is 5.18. The lowest BCUT2D eigenvalue weighted by atomic mass is 9.96. The van der Waals surface area contributed by atoms with E-state index in [0.717, 1.165) is 12.8 Å². The molecule has 0 aliphatic heterocycles. The van der Waals surface area contributed by atoms with Gasteiger partial charge in [0.1, 0.15) is 17.7 Å². The molecule has 0 saturated carbocycles. The van der Waals surface area contributed by atoms with Crippen LogP contribution in [0.25, 0.3) is 0 Å². The van der Waals surface area contributed by atoms with Gasteiger partial charge in [0.15, 0.2) is 0 Å². The third-order valence-corrected chi connectivity index (χ3v) is 5.11. The van der Waals surface area contributed by atoms with Crippen LogP contribution in [0.3, 0.4) is 0 Å². The lowest BCUT2D eigenvalue weighted by molar-refractivity contribution is -0.142. The van der Waals surface area contributed by atoms with Gasteiger partial charge in [-0.3, -0.25) is 9.59 Å². The van der Waals surface area contributed by atoms with Crippen LogP contribution >= 0.6 is 0 Å². The molecular weight excluding hydrogens is 442 g/mol. The monoisotopic (exact) mass is 483 g/mol. The Balaban J connectivity index is 3.47. The minimum absolute atomic E-state index is 0.0915. The molecular formula is C28H41N3O4. The lowest BCUT2D eigenvalue weighted by Crippen LogP contribution is -2.53. The van der Waals surface area contributed by atoms with Crippen molar-refractivity contribution >= 4 is 17.9 Å². The van der Waals surface area contributed by atoms with E-state index in [1.54, 1.807) is 51.1 Å². The molecule has 2 N–H and O–H groups in total. The summed E-state index contributed by atoms with van der Waals surface area (Å²) in [4.78, 5) is 41.3. The minimum Gasteiger partial charge on any atom is -0.444 e. The molecule has 0 aromatic heterocycles. The highest BCUT2D eigenvalue weighted by atomic mass is 16.6. The first-order valence-electron chi connectivity index (χ1n) is 12.2. The first kappa shape index (κ1) is 29.8. The number of hydrogen-bond donors (Lipinski definition) is 2. The van der Waals surface area contributed by atoms with Crippen molar-refractivity contribution in [1.82, 2.24) is 15.5 Å². The van der Waals surface area contributed by atoms with Crippen LogP contribution < -0.4 is 10.6 Å². The second kappa shape index (κ2) is 14.2. The molecule has 2 unspecified atom stereocenters. The third kappa shape index (κ3) is 9.86. The lowest BCUT2D eigenvalue weighted by Gasteiger charge is -2.34. The number of amides is 3. The van der Waals surface area contributed by atoms with Gasteiger partial charge in [-0.25, -0.2) is 4.79 Å². The number of alkyl carbamates (subject to hydrolysis) is 1. The van der Waals surface area contributed by atoms with Crippen molar-refractivity contribution < 1.29 is 19.1 Å². The van der Waals surface area contributed by atoms with E-state index >= 15 is 0 Å². The standard InChI is InChI=1S/C28H41N3O4/c1-9-12-17-29-25(32)24(22-16-14-13-15-21(22)11-3)31(18-10-2)26(33)23(19-20(4)5)30-27(34)35-28(6,7)8/h3,10,13-16,20,23-24H,2,9,12,17-19H2,1,4-8H3,(H,29,32)(H,30,34). The Bertz CT molecular complexity index is 912. The van der Waals surface area contributed by atoms with E-state index in [4.69, 9.17) is 11.2 Å². The van der Waals surface area contributed by atoms with Gasteiger partial charge in [-0.15, -0.1) is 13.0 Å². The summed E-state index contributed by atoms with van der Waals surface area (Å²) in [7, 11) is 0. The van der Waals surface area contributed by atoms with Gasteiger partial charge in [0.25, 0.3) is 0 Å². The summed E-state index contributed by atoms with van der Waals surface area (Å²) in [5.41, 5.74) is 0.342. The Hall–Kier alpha value is -3.27. The highest BCUT2D eigenvalue weighted by Crippen LogP contribution is 2.26. The molecule has 3 amide bonds. The van der Waals surface area contributed by atoms with E-state index < -0.39 is 29.7 Å². The van der Waals surface area contributed by atoms with Gasteiger partial charge in [-0.2, -0.15) is 0 Å². The maximum atomic E-state index is 13.9. The normalized spacial score (nSPS) is 12.7. The van der Waals surface area contributed by atoms with Crippen LogP contribution in [0.2, 0.25) is 0 Å². The van der Waals surface area contributed by atoms with Gasteiger partial charge in [0.05, 0.1) is 0 Å². The van der Waals surface area contributed by atoms with Crippen LogP contribution in [-0.2, 0) is 14.3 Å². The summed E-state index contributed by atoms with van der Waals surface area (Å²) in [5, 5.41) is 5.64. The van der Waals surface area contributed by atoms with Crippen LogP contribution in [0.4, 0.5) is 4.79 Å². The molecule has 7 nitrogen and oxygen atoms in total. The number of ether oxygens (including phenoxy) is 1. The molecule has 1 aromatic carbocycles. The molecule has 0 spiro atoms. The number of carbonyl (C=O) groups excluding carboxylic acids is 3. The van der Waals surface area contributed by atoms with E-state index in [0.29, 0.717) is 24.1 Å². The quantitative estimate of drug-likeness (QED) is 0.259. The minimum atomic E-state index is -0.986. The molecule has 2 atom stereocenters. The molecule has 0 saturated heterocycles. The second-order valence-electron chi connectivity index (χ2n) is 9.89. The second-order valence-corrected chi connectivity index (χ2v) is 9.89. The summed E-state index contributed by atoms with van der Waals surface area (Å²) >= 11 is 0. The highest BCUT2D eigenvalue weighted by molar-refractivity contribution is 5.92. The number of terminal acetylenes is 1. The van der Waals surface area contributed by atoms with Crippen LogP contribution in [0, 0.1) is 18.3 Å². The number of hydrogen-bond acceptors (Lipinski definition) is 4. The smallest absolute Gasteiger partial charge is 0.408 e. The summed E-state index contributed by atoms with van der Waals surface area (Å²) < 4.78 is 5.39. The zero-order valence-electron chi connectivity index (χ0n) is 22.0. The Morgan fingerprint density at radius 1 is 1.23 bits per heavy atom. The van der Waals surface area contributed by atoms with E-state index in [9.17, 15) is 14.4 Å². The zero-order chi connectivity index (χ0) is 26.6. The van der Waals surface area contributed by atoms with Crippen molar-refractivity contribution in [3.8, 4) is 12.3 Å². The van der Waals surface area contributed by atoms with Crippen molar-refractivity contribution in [2.75, 3.05) is 13.1 Å². The third-order valence-electron chi connectivity index (χ3n) is 5.11. The molecule has 0 fully saturated rings. The molecule has 1 rings (SSSR count). The summed E-state index contributed by atoms with van der Waals surface area (Å²) in [5.74, 6) is 1.97. The van der Waals surface area contributed by atoms with E-state index in [1.165, 1.54) is 4.90 Å². The molecule has 7 heteroatoms. The molecule has 0 aliphatic carbocycles. The van der Waals surface area contributed by atoms with Gasteiger partial charge >= 0.3 is 6.09 Å². The average Bonchev–Trinajstić information content (AvgIpc) is 2.76. The SMILES string of the molecule is C#Cc1ccccc1C(C(=O)NCCCC)N(CC=C)C(=O)C(CC(C)C)NC(=O)OC(C)(C)C. The maximum absolute atomic E-state index is 13.9. The fourth-order valence-corrected chi connectivity index (χ4v) is 3.61. The number of rotatable bonds is 12. The number of nitrogens with zero attached hydrogens (tertiary/aromatic N) is 1. The van der Waals surface area contributed by atoms with Gasteiger partial charge in [-0.05, 0) is 51.2 Å². The molecule has 0 heterocycles. The maximum Gasteiger partial charge on any atom is 0.408 e. The van der Waals surface area contributed by atoms with Crippen LogP contribution in [0.15, 0.2) is 36.9 Å². The Morgan fingerprint density at radius 2 is 1.89 bits per heavy atom. The predicted octanol–water partition coefficient (Wildman–Crippen LogP) is 4.58. The fourth-order valence-electron chi connectivity index (χ4n) is 3.61. The fraction of sp³-hybridized carbons (Fsp3) is 0.536. The van der Waals surface area contributed by atoms with Crippen molar-refractivity contribution in [2.45, 2.75) is 78.5 Å². The van der Waals surface area contributed by atoms with E-state index in [2.05, 4.69) is 23.1 Å². The number of benzene rings is 1. The van der Waals surface area contributed by atoms with Crippen LogP contribution in [-0.4, -0.2) is 47.5 Å². The number of nitrogens with one attached hydrogen (secondary N) is 2. The summed E-state index contributed by atoms with van der Waals surface area (Å²) in [6.07, 6.45) is 8.69. The van der Waals surface area contributed by atoms with Crippen molar-refractivity contribution in [3.63, 3.8) is 0 Å². The first-order chi connectivity index (χ1) is 16.4. The average molecular weight is 484 g/mol. The Kier molecular flexibility index (Phi) is 12.1. The van der Waals surface area contributed by atoms with Gasteiger partial charge in [0.2, 0.25) is 11.8 Å². The molecule has 35 heavy (non-hydrogen) atoms. The van der Waals surface area contributed by atoms with E-state index in [-0.39, 0.29) is 18.4 Å². The summed E-state index contributed by atoms with van der Waals surface area (Å²) in [6.45, 7) is 15.6. The van der Waals surface area contributed by atoms with E-state index in [1.807, 2.05) is 20.8 Å². The first-order valence-corrected chi connectivity index (χ1v) is 12.2. The van der Waals surface area contributed by atoms with Crippen molar-refractivity contribution in [3.05, 3.63) is 48.0 Å². The van der Waals surface area contributed by atoms with Crippen molar-refractivity contribution in [1.29, 1.82) is 0 Å². The highest BCUT2D eigenvalue weighted by Gasteiger charge is 2.36. The van der Waals surface area contributed by atoms with Crippen molar-refractivity contribution in [2.24, 2.45) is 5.92 Å². The molecule has 0 bridgehead atoms. The topological polar surface area (TPSA) is 87.7 Å². The zero-order valence-corrected chi connectivity index (χ0v) is 22.0. The van der Waals surface area contributed by atoms with Gasteiger partial charge < -0.3 is 20.3 Å². The molecule has 0 aliphatic rings. The molecule has 0 radical (unpaired) electrons. The Labute approximate surface area is 210 Å².